The Morgan fingerprint density at radius 3 is 1.32 bits per heavy atom. The molecule has 0 saturated heterocycles. The van der Waals surface area contributed by atoms with Gasteiger partial charge in [-0.2, -0.15) is 26.3 Å². The molecule has 9 aromatic rings. The van der Waals surface area contributed by atoms with Gasteiger partial charge in [0.2, 0.25) is 5.79 Å². The molecule has 550 valence electrons. The average Bonchev–Trinajstić information content (AvgIpc) is 1.48. The number of phenols is 1. The second kappa shape index (κ2) is 28.1. The number of hydrogen-bond donors (Lipinski definition) is 2. The number of fused-ring (bicyclic) bond motifs is 6. The van der Waals surface area contributed by atoms with Crippen molar-refractivity contribution in [1.82, 2.24) is 9.13 Å². The van der Waals surface area contributed by atoms with E-state index in [1.54, 1.807) is 12.1 Å². The van der Waals surface area contributed by atoms with E-state index in [0.29, 0.717) is 47.1 Å². The number of phenolic OH excluding ortho intramolecular Hbond substituents is 1. The number of nitrogens with zero attached hydrogens (tertiary/aromatic N) is 2. The number of alkyl halides is 6. The Morgan fingerprint density at radius 2 is 0.892 bits per heavy atom. The molecule has 0 radical (unpaired) electrons. The van der Waals surface area contributed by atoms with E-state index in [1.165, 1.54) is 0 Å². The van der Waals surface area contributed by atoms with Crippen molar-refractivity contribution in [1.29, 1.82) is 0 Å². The summed E-state index contributed by atoms with van der Waals surface area (Å²) in [5.74, 6) is -6.30. The second-order valence-corrected chi connectivity index (χ2v) is 35.7. The molecule has 15 heteroatoms. The van der Waals surface area contributed by atoms with Crippen LogP contribution in [0.15, 0.2) is 133 Å². The van der Waals surface area contributed by atoms with E-state index in [1.807, 2.05) is 97.5 Å². The van der Waals surface area contributed by atoms with Gasteiger partial charge in [0.1, 0.15) is 34.7 Å². The SMILES string of the molecule is CC(C)(C)CC(C)(C)C1=CC(n2c3ccc(C(C)(C)C)cc3c3cc(C(C)(C)C)ccc32)C(O)(OCCCOc2c(-c3cc(C(C)(C)CC(C)(C)C)cc(-n4c5ccc(C(C)(C)C)cc5c5cc(C(C)(C)C)ccc54)c3O)cc(F)cc2C(F)(F)F)C(c2cc(F)cc(C(F)(F)F)c2)=C1.[CH3-].[CH3-].[Hf]. The number of aromatic nitrogens is 2. The zero-order valence-corrected chi connectivity index (χ0v) is 68.0. The van der Waals surface area contributed by atoms with E-state index < -0.39 is 82.5 Å². The summed E-state index contributed by atoms with van der Waals surface area (Å²) in [6.07, 6.45) is -5.87. The van der Waals surface area contributed by atoms with Gasteiger partial charge in [0, 0.05) is 81.5 Å². The van der Waals surface area contributed by atoms with Gasteiger partial charge in [-0.25, -0.2) is 8.78 Å². The maximum Gasteiger partial charge on any atom is 0.420 e. The third kappa shape index (κ3) is 16.7. The molecule has 1 aliphatic rings. The van der Waals surface area contributed by atoms with Crippen molar-refractivity contribution in [2.75, 3.05) is 13.2 Å². The summed E-state index contributed by atoms with van der Waals surface area (Å²) in [7, 11) is 0. The van der Waals surface area contributed by atoms with Crippen molar-refractivity contribution in [3.63, 3.8) is 0 Å². The minimum atomic E-state index is -5.20. The smallest absolute Gasteiger partial charge is 0.420 e. The van der Waals surface area contributed by atoms with Crippen LogP contribution in [0, 0.1) is 42.7 Å². The topological polar surface area (TPSA) is 68.8 Å². The van der Waals surface area contributed by atoms with Crippen LogP contribution in [0.1, 0.15) is 222 Å². The van der Waals surface area contributed by atoms with E-state index in [4.69, 9.17) is 9.47 Å². The van der Waals surface area contributed by atoms with E-state index >= 15 is 22.0 Å². The number of benzene rings is 7. The molecule has 0 bridgehead atoms. The van der Waals surface area contributed by atoms with E-state index in [0.717, 1.165) is 73.0 Å². The van der Waals surface area contributed by atoms with Crippen LogP contribution < -0.4 is 4.74 Å². The first kappa shape index (κ1) is 82.7. The van der Waals surface area contributed by atoms with Crippen LogP contribution in [0.2, 0.25) is 0 Å². The summed E-state index contributed by atoms with van der Waals surface area (Å²) >= 11 is 0. The Labute approximate surface area is 619 Å². The number of hydrogen-bond acceptors (Lipinski definition) is 4. The van der Waals surface area contributed by atoms with Gasteiger partial charge < -0.3 is 43.7 Å². The molecule has 2 N–H and O–H groups in total. The van der Waals surface area contributed by atoms with Crippen molar-refractivity contribution in [2.24, 2.45) is 16.2 Å². The summed E-state index contributed by atoms with van der Waals surface area (Å²) in [5.41, 5.74) is 1.64. The van der Waals surface area contributed by atoms with Gasteiger partial charge in [0.15, 0.2) is 0 Å². The number of aliphatic hydroxyl groups is 1. The van der Waals surface area contributed by atoms with Crippen molar-refractivity contribution in [3.8, 4) is 28.3 Å². The zero-order chi connectivity index (χ0) is 73.5. The van der Waals surface area contributed by atoms with E-state index in [2.05, 4.69) is 149 Å². The van der Waals surface area contributed by atoms with Crippen molar-refractivity contribution in [3.05, 3.63) is 204 Å². The van der Waals surface area contributed by atoms with Crippen LogP contribution in [0.4, 0.5) is 35.1 Å². The van der Waals surface area contributed by atoms with Gasteiger partial charge >= 0.3 is 12.4 Å². The standard InChI is InChI=1S/C85H100F8N2O4.2CH3.Hf/c1-75(2,3)47-81(19,20)54-41-63(73(96)71(43-54)94-67-28-24-50(77(7,8)9)37-59(67)60-38-51(78(10,11)12)25-29-68(60)94)64-45-58(87)46-66(85(91,92)93)74(64)98-32-23-33-99-83(97)65(49-34-56(84(88,89)90)36-57(86)35-49)42-55(82(21,22)48-76(4,5)6)44-72(83)95-69-30-26-52(79(13,14)15)39-61(69)62-40-53(80(16,17)18)27-31-70(62)95;;;/h24-31,34-46,72,96-97H,23,32-33,47-48H2,1-22H3;2*1H3;/q;2*-1;. The minimum Gasteiger partial charge on any atom is -0.505 e. The molecule has 0 aliphatic heterocycles. The molecule has 0 spiro atoms. The molecule has 1 aliphatic carbocycles. The molecule has 2 unspecified atom stereocenters. The van der Waals surface area contributed by atoms with E-state index in [-0.39, 0.29) is 108 Å². The largest absolute Gasteiger partial charge is 0.505 e. The number of allylic oxidation sites excluding steroid dienone is 2. The molecule has 0 amide bonds. The summed E-state index contributed by atoms with van der Waals surface area (Å²) in [4.78, 5) is 0. The molecular weight excluding hydrogens is 1470 g/mol. The van der Waals surface area contributed by atoms with Crippen LogP contribution in [0.25, 0.3) is 66.0 Å². The van der Waals surface area contributed by atoms with Gasteiger partial charge in [-0.3, -0.25) is 0 Å². The fourth-order valence-corrected chi connectivity index (χ4v) is 15.1. The molecule has 6 nitrogen and oxygen atoms in total. The predicted molar refractivity (Wildman–Crippen MR) is 402 cm³/mol. The third-order valence-corrected chi connectivity index (χ3v) is 19.6. The summed E-state index contributed by atoms with van der Waals surface area (Å²) < 4.78 is 142. The predicted octanol–water partition coefficient (Wildman–Crippen LogP) is 25.6. The molecule has 102 heavy (non-hydrogen) atoms. The Morgan fingerprint density at radius 1 is 0.461 bits per heavy atom. The molecule has 0 saturated carbocycles. The first-order valence-electron chi connectivity index (χ1n) is 34.5. The maximum absolute atomic E-state index is 16.4. The second-order valence-electron chi connectivity index (χ2n) is 35.7. The zero-order valence-electron chi connectivity index (χ0n) is 64.4. The van der Waals surface area contributed by atoms with Crippen molar-refractivity contribution in [2.45, 2.75) is 223 Å². The van der Waals surface area contributed by atoms with Crippen molar-refractivity contribution < 1.29 is 80.7 Å². The van der Waals surface area contributed by atoms with Crippen molar-refractivity contribution >= 4 is 49.2 Å². The molecular formula is C87H106F8HfN2O4-2. The quantitative estimate of drug-likeness (QED) is 0.0374. The fraction of sp³-hybridized carbons (Fsp3) is 0.448. The van der Waals surface area contributed by atoms with Gasteiger partial charge in [-0.15, -0.1) is 0 Å². The molecule has 7 aromatic carbocycles. The molecule has 10 rings (SSSR count). The van der Waals surface area contributed by atoms with Crippen LogP contribution >= 0.6 is 0 Å². The Balaban J connectivity index is 0.00000486. The minimum absolute atomic E-state index is 0. The number of ether oxygens (including phenoxy) is 2. The average molecular weight is 1570 g/mol. The van der Waals surface area contributed by atoms with Crippen LogP contribution in [0.5, 0.6) is 11.5 Å². The number of aromatic hydroxyl groups is 1. The molecule has 2 heterocycles. The Bertz CT molecular complexity index is 4550. The number of rotatable bonds is 14. The first-order valence-corrected chi connectivity index (χ1v) is 34.5. The summed E-state index contributed by atoms with van der Waals surface area (Å²) in [6, 6.07) is 30.2. The Hall–Kier alpha value is -6.55. The number of halogens is 8. The molecule has 0 fully saturated rings. The molecule has 2 aromatic heterocycles. The fourth-order valence-electron chi connectivity index (χ4n) is 15.1. The van der Waals surface area contributed by atoms with Gasteiger partial charge in [0.05, 0.1) is 35.5 Å². The van der Waals surface area contributed by atoms with Gasteiger partial charge in [0.25, 0.3) is 0 Å². The van der Waals surface area contributed by atoms with E-state index in [9.17, 15) is 23.4 Å². The van der Waals surface area contributed by atoms with Gasteiger partial charge in [-0.1, -0.05) is 183 Å². The van der Waals surface area contributed by atoms with Crippen LogP contribution in [-0.4, -0.2) is 38.3 Å². The van der Waals surface area contributed by atoms with Crippen LogP contribution in [-0.2, 0) is 70.0 Å². The third-order valence-electron chi connectivity index (χ3n) is 19.6. The summed E-state index contributed by atoms with van der Waals surface area (Å²) in [5, 5.41) is 30.7. The van der Waals surface area contributed by atoms with Gasteiger partial charge in [-0.05, 0) is 192 Å². The van der Waals surface area contributed by atoms with Crippen LogP contribution in [0.3, 0.4) is 0 Å². The maximum atomic E-state index is 16.4. The first-order chi connectivity index (χ1) is 45.2. The molecule has 2 atom stereocenters. The normalized spacial score (nSPS) is 16.3. The Kier molecular flexibility index (Phi) is 22.8. The summed E-state index contributed by atoms with van der Waals surface area (Å²) in [6.45, 7) is 44.9. The monoisotopic (exact) mass is 1570 g/mol.